The SMILES string of the molecule is COC(=O)C(C)CC(C)CN. The van der Waals surface area contributed by atoms with Gasteiger partial charge in [-0.2, -0.15) is 0 Å². The zero-order valence-corrected chi connectivity index (χ0v) is 7.46. The van der Waals surface area contributed by atoms with Gasteiger partial charge in [0, 0.05) is 0 Å². The van der Waals surface area contributed by atoms with Crippen LogP contribution >= 0.6 is 0 Å². The van der Waals surface area contributed by atoms with E-state index < -0.39 is 0 Å². The average Bonchev–Trinajstić information content (AvgIpc) is 2.02. The number of rotatable bonds is 4. The van der Waals surface area contributed by atoms with Gasteiger partial charge in [-0.3, -0.25) is 4.79 Å². The summed E-state index contributed by atoms with van der Waals surface area (Å²) in [5.74, 6) is 0.216. The molecule has 2 atom stereocenters. The number of methoxy groups -OCH3 is 1. The predicted molar refractivity (Wildman–Crippen MR) is 44.0 cm³/mol. The van der Waals surface area contributed by atoms with Crippen molar-refractivity contribution >= 4 is 5.97 Å². The summed E-state index contributed by atoms with van der Waals surface area (Å²) in [5, 5.41) is 0. The number of hydrogen-bond donors (Lipinski definition) is 1. The van der Waals surface area contributed by atoms with Gasteiger partial charge >= 0.3 is 5.97 Å². The number of esters is 1. The highest BCUT2D eigenvalue weighted by Crippen LogP contribution is 2.11. The molecule has 11 heavy (non-hydrogen) atoms. The van der Waals surface area contributed by atoms with E-state index in [2.05, 4.69) is 4.74 Å². The van der Waals surface area contributed by atoms with E-state index in [-0.39, 0.29) is 11.9 Å². The number of carbonyl (C=O) groups excluding carboxylic acids is 1. The first-order valence-corrected chi connectivity index (χ1v) is 3.89. The molecule has 0 aliphatic carbocycles. The fourth-order valence-corrected chi connectivity index (χ4v) is 0.997. The lowest BCUT2D eigenvalue weighted by Crippen LogP contribution is -2.19. The molecule has 0 heterocycles. The molecule has 0 amide bonds. The first-order chi connectivity index (χ1) is 5.11. The van der Waals surface area contributed by atoms with Crippen LogP contribution in [0.1, 0.15) is 20.3 Å². The lowest BCUT2D eigenvalue weighted by atomic mass is 9.98. The number of ether oxygens (including phenoxy) is 1. The van der Waals surface area contributed by atoms with Crippen LogP contribution < -0.4 is 5.73 Å². The Balaban J connectivity index is 3.67. The number of carbonyl (C=O) groups is 1. The molecule has 0 saturated carbocycles. The van der Waals surface area contributed by atoms with Crippen molar-refractivity contribution in [1.29, 1.82) is 0 Å². The van der Waals surface area contributed by atoms with Crippen molar-refractivity contribution in [2.75, 3.05) is 13.7 Å². The third-order valence-electron chi connectivity index (χ3n) is 1.76. The van der Waals surface area contributed by atoms with Crippen LogP contribution in [0.3, 0.4) is 0 Å². The third-order valence-corrected chi connectivity index (χ3v) is 1.76. The van der Waals surface area contributed by atoms with Crippen LogP contribution in [0, 0.1) is 11.8 Å². The molecular formula is C8H17NO2. The van der Waals surface area contributed by atoms with Crippen LogP contribution in [0.4, 0.5) is 0 Å². The smallest absolute Gasteiger partial charge is 0.308 e. The van der Waals surface area contributed by atoms with Gasteiger partial charge in [0.1, 0.15) is 0 Å². The van der Waals surface area contributed by atoms with Crippen molar-refractivity contribution < 1.29 is 9.53 Å². The molecular weight excluding hydrogens is 142 g/mol. The molecule has 0 aliphatic heterocycles. The van der Waals surface area contributed by atoms with E-state index in [1.165, 1.54) is 7.11 Å². The molecule has 66 valence electrons. The van der Waals surface area contributed by atoms with Crippen LogP contribution in [0.2, 0.25) is 0 Å². The molecule has 0 saturated heterocycles. The van der Waals surface area contributed by atoms with Crippen molar-refractivity contribution in [2.24, 2.45) is 17.6 Å². The predicted octanol–water partition coefficient (Wildman–Crippen LogP) is 0.780. The first-order valence-electron chi connectivity index (χ1n) is 3.89. The van der Waals surface area contributed by atoms with Crippen molar-refractivity contribution in [3.05, 3.63) is 0 Å². The summed E-state index contributed by atoms with van der Waals surface area (Å²) in [4.78, 5) is 10.9. The van der Waals surface area contributed by atoms with E-state index in [9.17, 15) is 4.79 Å². The highest BCUT2D eigenvalue weighted by atomic mass is 16.5. The van der Waals surface area contributed by atoms with Gasteiger partial charge in [0.25, 0.3) is 0 Å². The monoisotopic (exact) mass is 159 g/mol. The van der Waals surface area contributed by atoms with Crippen molar-refractivity contribution in [1.82, 2.24) is 0 Å². The van der Waals surface area contributed by atoms with E-state index in [0.717, 1.165) is 6.42 Å². The molecule has 0 fully saturated rings. The molecule has 0 aromatic rings. The molecule has 0 spiro atoms. The standard InChI is InChI=1S/C8H17NO2/c1-6(5-9)4-7(2)8(10)11-3/h6-7H,4-5,9H2,1-3H3. The van der Waals surface area contributed by atoms with Gasteiger partial charge < -0.3 is 10.5 Å². The maximum atomic E-state index is 10.9. The molecule has 0 aliphatic rings. The molecule has 2 unspecified atom stereocenters. The normalized spacial score (nSPS) is 15.6. The summed E-state index contributed by atoms with van der Waals surface area (Å²) in [7, 11) is 1.41. The third kappa shape index (κ3) is 3.98. The maximum absolute atomic E-state index is 10.9. The molecule has 0 radical (unpaired) electrons. The minimum atomic E-state index is -0.148. The van der Waals surface area contributed by atoms with Gasteiger partial charge in [-0.1, -0.05) is 13.8 Å². The second kappa shape index (κ2) is 5.13. The van der Waals surface area contributed by atoms with Gasteiger partial charge in [0.05, 0.1) is 13.0 Å². The topological polar surface area (TPSA) is 52.3 Å². The van der Waals surface area contributed by atoms with Crippen LogP contribution in [-0.4, -0.2) is 19.6 Å². The maximum Gasteiger partial charge on any atom is 0.308 e. The quantitative estimate of drug-likeness (QED) is 0.617. The Hall–Kier alpha value is -0.570. The van der Waals surface area contributed by atoms with Gasteiger partial charge in [-0.05, 0) is 18.9 Å². The summed E-state index contributed by atoms with van der Waals surface area (Å²) in [6, 6.07) is 0. The van der Waals surface area contributed by atoms with E-state index in [1.54, 1.807) is 0 Å². The Morgan fingerprint density at radius 1 is 1.55 bits per heavy atom. The fraction of sp³-hybridized carbons (Fsp3) is 0.875. The zero-order chi connectivity index (χ0) is 8.85. The van der Waals surface area contributed by atoms with E-state index in [0.29, 0.717) is 12.5 Å². The lowest BCUT2D eigenvalue weighted by molar-refractivity contribution is -0.145. The minimum Gasteiger partial charge on any atom is -0.469 e. The summed E-state index contributed by atoms with van der Waals surface area (Å²) in [6.45, 7) is 4.51. The summed E-state index contributed by atoms with van der Waals surface area (Å²) >= 11 is 0. The second-order valence-electron chi connectivity index (χ2n) is 3.00. The molecule has 0 aromatic heterocycles. The van der Waals surface area contributed by atoms with Crippen LogP contribution in [0.25, 0.3) is 0 Å². The van der Waals surface area contributed by atoms with Gasteiger partial charge in [0.2, 0.25) is 0 Å². The van der Waals surface area contributed by atoms with Gasteiger partial charge in [-0.15, -0.1) is 0 Å². The Labute approximate surface area is 67.9 Å². The Kier molecular flexibility index (Phi) is 4.86. The number of hydrogen-bond acceptors (Lipinski definition) is 3. The van der Waals surface area contributed by atoms with E-state index >= 15 is 0 Å². The summed E-state index contributed by atoms with van der Waals surface area (Å²) in [5.41, 5.74) is 5.41. The average molecular weight is 159 g/mol. The van der Waals surface area contributed by atoms with Crippen molar-refractivity contribution in [3.63, 3.8) is 0 Å². The summed E-state index contributed by atoms with van der Waals surface area (Å²) in [6.07, 6.45) is 0.809. The second-order valence-corrected chi connectivity index (χ2v) is 3.00. The molecule has 3 nitrogen and oxygen atoms in total. The number of nitrogens with two attached hydrogens (primary N) is 1. The van der Waals surface area contributed by atoms with Crippen molar-refractivity contribution in [2.45, 2.75) is 20.3 Å². The fourth-order valence-electron chi connectivity index (χ4n) is 0.997. The van der Waals surface area contributed by atoms with E-state index in [1.807, 2.05) is 13.8 Å². The molecule has 0 rings (SSSR count). The molecule has 2 N–H and O–H groups in total. The molecule has 0 bridgehead atoms. The van der Waals surface area contributed by atoms with Crippen LogP contribution in [-0.2, 0) is 9.53 Å². The molecule has 3 heteroatoms. The highest BCUT2D eigenvalue weighted by Gasteiger charge is 2.15. The van der Waals surface area contributed by atoms with Crippen LogP contribution in [0.15, 0.2) is 0 Å². The highest BCUT2D eigenvalue weighted by molar-refractivity contribution is 5.71. The molecule has 0 aromatic carbocycles. The Bertz CT molecular complexity index is 125. The lowest BCUT2D eigenvalue weighted by Gasteiger charge is -2.12. The Morgan fingerprint density at radius 2 is 2.09 bits per heavy atom. The van der Waals surface area contributed by atoms with Gasteiger partial charge in [0.15, 0.2) is 0 Å². The Morgan fingerprint density at radius 3 is 2.45 bits per heavy atom. The minimum absolute atomic E-state index is 0.0291. The largest absolute Gasteiger partial charge is 0.469 e. The zero-order valence-electron chi connectivity index (χ0n) is 7.46. The summed E-state index contributed by atoms with van der Waals surface area (Å²) < 4.78 is 4.58. The van der Waals surface area contributed by atoms with Gasteiger partial charge in [-0.25, -0.2) is 0 Å². The van der Waals surface area contributed by atoms with E-state index in [4.69, 9.17) is 5.73 Å². The van der Waals surface area contributed by atoms with Crippen molar-refractivity contribution in [3.8, 4) is 0 Å². The van der Waals surface area contributed by atoms with Crippen LogP contribution in [0.5, 0.6) is 0 Å². The first kappa shape index (κ1) is 10.4.